The Kier molecular flexibility index (Phi) is 3.89. The van der Waals surface area contributed by atoms with Gasteiger partial charge in [-0.15, -0.1) is 0 Å². The summed E-state index contributed by atoms with van der Waals surface area (Å²) in [4.78, 5) is 18.9. The zero-order valence-electron chi connectivity index (χ0n) is 12.3. The molecule has 1 aliphatic carbocycles. The molecule has 1 fully saturated rings. The van der Waals surface area contributed by atoms with Gasteiger partial charge in [0.2, 0.25) is 0 Å². The third kappa shape index (κ3) is 2.91. The molecule has 5 heteroatoms. The second kappa shape index (κ2) is 5.68. The van der Waals surface area contributed by atoms with Gasteiger partial charge in [0.15, 0.2) is 6.04 Å². The average Bonchev–Trinajstić information content (AvgIpc) is 3.29. The number of hydrogen-bond donors (Lipinski definition) is 0. The Labute approximate surface area is 129 Å². The molecule has 3 rings (SSSR count). The first-order valence-electron chi connectivity index (χ1n) is 7.26. The van der Waals surface area contributed by atoms with E-state index in [0.29, 0.717) is 10.9 Å². The van der Waals surface area contributed by atoms with Crippen molar-refractivity contribution in [1.29, 1.82) is 0 Å². The minimum absolute atomic E-state index is 0.0185. The molecule has 1 heterocycles. The van der Waals surface area contributed by atoms with Crippen LogP contribution in [-0.2, 0) is 9.53 Å². The van der Waals surface area contributed by atoms with Crippen LogP contribution >= 0.6 is 11.6 Å². The standard InChI is InChI=1S/C16H19ClN2O2/c1-10-14-7-12(17)5-6-13(14)15(16(20)21-2)19(9-18-10)8-11-3-4-11/h5-7,9-11,15H,3-4,8H2,1-2H3. The molecule has 1 aliphatic heterocycles. The highest BCUT2D eigenvalue weighted by molar-refractivity contribution is 6.30. The minimum Gasteiger partial charge on any atom is -0.467 e. The van der Waals surface area contributed by atoms with Crippen LogP contribution in [0.2, 0.25) is 5.02 Å². The molecule has 1 aromatic carbocycles. The number of carbonyl (C=O) groups excluding carboxylic acids is 1. The molecule has 112 valence electrons. The van der Waals surface area contributed by atoms with Crippen LogP contribution in [-0.4, -0.2) is 30.9 Å². The fraction of sp³-hybridized carbons (Fsp3) is 0.500. The summed E-state index contributed by atoms with van der Waals surface area (Å²) in [6.45, 7) is 2.86. The molecule has 2 atom stereocenters. The largest absolute Gasteiger partial charge is 0.467 e. The van der Waals surface area contributed by atoms with Crippen LogP contribution in [0.3, 0.4) is 0 Å². The smallest absolute Gasteiger partial charge is 0.333 e. The van der Waals surface area contributed by atoms with Crippen LogP contribution in [0.1, 0.15) is 43.0 Å². The van der Waals surface area contributed by atoms with Crippen LogP contribution < -0.4 is 0 Å². The summed E-state index contributed by atoms with van der Waals surface area (Å²) < 4.78 is 5.02. The lowest BCUT2D eigenvalue weighted by molar-refractivity contribution is -0.145. The van der Waals surface area contributed by atoms with Crippen molar-refractivity contribution in [1.82, 2.24) is 4.90 Å². The number of ether oxygens (including phenoxy) is 1. The number of aliphatic imine (C=N–C) groups is 1. The Morgan fingerprint density at radius 1 is 1.43 bits per heavy atom. The molecule has 0 bridgehead atoms. The summed E-state index contributed by atoms with van der Waals surface area (Å²) in [6, 6.07) is 5.19. The van der Waals surface area contributed by atoms with Crippen LogP contribution in [0.25, 0.3) is 0 Å². The van der Waals surface area contributed by atoms with E-state index in [1.165, 1.54) is 20.0 Å². The second-order valence-corrected chi connectivity index (χ2v) is 6.22. The lowest BCUT2D eigenvalue weighted by Gasteiger charge is -2.28. The van der Waals surface area contributed by atoms with Gasteiger partial charge in [-0.2, -0.15) is 0 Å². The highest BCUT2D eigenvalue weighted by atomic mass is 35.5. The van der Waals surface area contributed by atoms with E-state index in [9.17, 15) is 4.79 Å². The summed E-state index contributed by atoms with van der Waals surface area (Å²) in [5.74, 6) is 0.410. The van der Waals surface area contributed by atoms with Crippen molar-refractivity contribution in [2.45, 2.75) is 31.8 Å². The number of benzene rings is 1. The molecular formula is C16H19ClN2O2. The van der Waals surface area contributed by atoms with Crippen LogP contribution in [0, 0.1) is 5.92 Å². The molecule has 2 unspecified atom stereocenters. The molecule has 1 saturated carbocycles. The van der Waals surface area contributed by atoms with Crippen LogP contribution in [0.15, 0.2) is 23.2 Å². The van der Waals surface area contributed by atoms with E-state index in [1.54, 1.807) is 6.34 Å². The van der Waals surface area contributed by atoms with E-state index in [-0.39, 0.29) is 12.0 Å². The maximum atomic E-state index is 12.3. The zero-order chi connectivity index (χ0) is 15.0. The van der Waals surface area contributed by atoms with Crippen molar-refractivity contribution in [2.75, 3.05) is 13.7 Å². The van der Waals surface area contributed by atoms with E-state index < -0.39 is 6.04 Å². The van der Waals surface area contributed by atoms with Gasteiger partial charge in [-0.1, -0.05) is 17.7 Å². The van der Waals surface area contributed by atoms with Gasteiger partial charge in [-0.3, -0.25) is 4.99 Å². The quantitative estimate of drug-likeness (QED) is 0.804. The Hall–Kier alpha value is -1.55. The molecule has 0 radical (unpaired) electrons. The molecule has 21 heavy (non-hydrogen) atoms. The highest BCUT2D eigenvalue weighted by Crippen LogP contribution is 2.37. The molecule has 1 aromatic rings. The van der Waals surface area contributed by atoms with Crippen molar-refractivity contribution in [2.24, 2.45) is 10.9 Å². The number of methoxy groups -OCH3 is 1. The summed E-state index contributed by atoms with van der Waals surface area (Å²) in [6.07, 6.45) is 4.25. The first-order chi connectivity index (χ1) is 10.1. The van der Waals surface area contributed by atoms with Gasteiger partial charge in [-0.25, -0.2) is 4.79 Å². The summed E-state index contributed by atoms with van der Waals surface area (Å²) in [5.41, 5.74) is 1.93. The highest BCUT2D eigenvalue weighted by Gasteiger charge is 2.35. The van der Waals surface area contributed by atoms with Crippen LogP contribution in [0.4, 0.5) is 0 Å². The van der Waals surface area contributed by atoms with Crippen molar-refractivity contribution in [3.05, 3.63) is 34.3 Å². The molecule has 0 amide bonds. The predicted molar refractivity (Wildman–Crippen MR) is 82.5 cm³/mol. The van der Waals surface area contributed by atoms with Crippen molar-refractivity contribution >= 4 is 23.9 Å². The predicted octanol–water partition coefficient (Wildman–Crippen LogP) is 3.37. The number of fused-ring (bicyclic) bond motifs is 1. The van der Waals surface area contributed by atoms with Crippen LogP contribution in [0.5, 0.6) is 0 Å². The Balaban J connectivity index is 2.05. The summed E-state index contributed by atoms with van der Waals surface area (Å²) >= 11 is 6.11. The Morgan fingerprint density at radius 3 is 2.86 bits per heavy atom. The van der Waals surface area contributed by atoms with Gasteiger partial charge in [0.1, 0.15) is 0 Å². The van der Waals surface area contributed by atoms with E-state index >= 15 is 0 Å². The first kappa shape index (κ1) is 14.4. The van der Waals surface area contributed by atoms with E-state index in [2.05, 4.69) is 4.99 Å². The van der Waals surface area contributed by atoms with Crippen molar-refractivity contribution in [3.8, 4) is 0 Å². The lowest BCUT2D eigenvalue weighted by Crippen LogP contribution is -2.35. The molecule has 2 aliphatic rings. The number of nitrogens with zero attached hydrogens (tertiary/aromatic N) is 2. The maximum Gasteiger partial charge on any atom is 0.333 e. The molecule has 0 saturated heterocycles. The van der Waals surface area contributed by atoms with Crippen molar-refractivity contribution < 1.29 is 9.53 Å². The fourth-order valence-corrected chi connectivity index (χ4v) is 2.97. The second-order valence-electron chi connectivity index (χ2n) is 5.78. The maximum absolute atomic E-state index is 12.3. The van der Waals surface area contributed by atoms with E-state index in [1.807, 2.05) is 30.0 Å². The summed E-state index contributed by atoms with van der Waals surface area (Å²) in [7, 11) is 1.43. The van der Waals surface area contributed by atoms with Gasteiger partial charge in [0.05, 0.1) is 19.5 Å². The zero-order valence-corrected chi connectivity index (χ0v) is 13.0. The first-order valence-corrected chi connectivity index (χ1v) is 7.64. The topological polar surface area (TPSA) is 41.9 Å². The Morgan fingerprint density at radius 2 is 2.19 bits per heavy atom. The van der Waals surface area contributed by atoms with E-state index in [4.69, 9.17) is 16.3 Å². The third-order valence-corrected chi connectivity index (χ3v) is 4.39. The van der Waals surface area contributed by atoms with E-state index in [0.717, 1.165) is 17.7 Å². The number of esters is 1. The lowest BCUT2D eigenvalue weighted by atomic mass is 9.95. The average molecular weight is 307 g/mol. The van der Waals surface area contributed by atoms with Gasteiger partial charge < -0.3 is 9.64 Å². The molecule has 0 aromatic heterocycles. The molecular weight excluding hydrogens is 288 g/mol. The molecule has 0 spiro atoms. The SMILES string of the molecule is COC(=O)C1c2ccc(Cl)cc2C(C)N=CN1CC1CC1. The van der Waals surface area contributed by atoms with Gasteiger partial charge in [0.25, 0.3) is 0 Å². The van der Waals surface area contributed by atoms with Gasteiger partial charge in [-0.05, 0) is 48.9 Å². The van der Waals surface area contributed by atoms with Gasteiger partial charge in [0, 0.05) is 11.6 Å². The third-order valence-electron chi connectivity index (χ3n) is 4.15. The monoisotopic (exact) mass is 306 g/mol. The van der Waals surface area contributed by atoms with Crippen molar-refractivity contribution in [3.63, 3.8) is 0 Å². The number of rotatable bonds is 3. The molecule has 4 nitrogen and oxygen atoms in total. The summed E-state index contributed by atoms with van der Waals surface area (Å²) in [5, 5.41) is 0.662. The fourth-order valence-electron chi connectivity index (χ4n) is 2.79. The minimum atomic E-state index is -0.434. The normalized spacial score (nSPS) is 24.4. The number of carbonyl (C=O) groups is 1. The van der Waals surface area contributed by atoms with Gasteiger partial charge >= 0.3 is 5.97 Å². The molecule has 0 N–H and O–H groups in total. The number of halogens is 1. The Bertz CT molecular complexity index is 584. The number of hydrogen-bond acceptors (Lipinski definition) is 4.